The van der Waals surface area contributed by atoms with Gasteiger partial charge in [0.05, 0.1) is 9.90 Å². The highest BCUT2D eigenvalue weighted by molar-refractivity contribution is 14.1. The monoisotopic (exact) mass is 306 g/mol. The number of nitrogens with zero attached hydrogens (tertiary/aromatic N) is 2. The van der Waals surface area contributed by atoms with Crippen LogP contribution < -0.4 is 5.56 Å². The molecule has 1 rings (SSSR count). The van der Waals surface area contributed by atoms with E-state index in [4.69, 9.17) is 0 Å². The highest BCUT2D eigenvalue weighted by Crippen LogP contribution is 2.18. The van der Waals surface area contributed by atoms with Crippen molar-refractivity contribution in [2.24, 2.45) is 5.41 Å². The summed E-state index contributed by atoms with van der Waals surface area (Å²) in [6.07, 6.45) is 4.18. The summed E-state index contributed by atoms with van der Waals surface area (Å²) in [5.74, 6) is 0. The SMILES string of the molecule is CC(C)(C)CCn1cncc(I)c1=O. The Bertz CT molecular complexity index is 365. The molecule has 0 radical (unpaired) electrons. The van der Waals surface area contributed by atoms with Gasteiger partial charge in [0.25, 0.3) is 5.56 Å². The molecule has 0 aliphatic carbocycles. The summed E-state index contributed by atoms with van der Waals surface area (Å²) in [6, 6.07) is 0. The molecule has 0 bridgehead atoms. The molecule has 0 aromatic carbocycles. The van der Waals surface area contributed by atoms with Crippen molar-refractivity contribution in [2.45, 2.75) is 33.7 Å². The molecule has 0 saturated heterocycles. The van der Waals surface area contributed by atoms with E-state index in [2.05, 4.69) is 25.8 Å². The first kappa shape index (κ1) is 11.7. The van der Waals surface area contributed by atoms with E-state index in [0.29, 0.717) is 3.57 Å². The van der Waals surface area contributed by atoms with Crippen LogP contribution in [0.2, 0.25) is 0 Å². The molecule has 78 valence electrons. The molecular weight excluding hydrogens is 291 g/mol. The Morgan fingerprint density at radius 2 is 2.14 bits per heavy atom. The van der Waals surface area contributed by atoms with Crippen LogP contribution in [0, 0.1) is 8.99 Å². The van der Waals surface area contributed by atoms with Crippen molar-refractivity contribution in [3.63, 3.8) is 0 Å². The molecule has 0 spiro atoms. The second kappa shape index (κ2) is 4.42. The second-order valence-corrected chi connectivity index (χ2v) is 5.71. The lowest BCUT2D eigenvalue weighted by atomic mass is 9.92. The van der Waals surface area contributed by atoms with Crippen LogP contribution in [0.4, 0.5) is 0 Å². The number of halogens is 1. The Hall–Kier alpha value is -0.390. The van der Waals surface area contributed by atoms with E-state index < -0.39 is 0 Å². The zero-order chi connectivity index (χ0) is 10.8. The summed E-state index contributed by atoms with van der Waals surface area (Å²) in [5, 5.41) is 0. The molecule has 0 fully saturated rings. The van der Waals surface area contributed by atoms with Gasteiger partial charge >= 0.3 is 0 Å². The van der Waals surface area contributed by atoms with Crippen LogP contribution >= 0.6 is 22.6 Å². The van der Waals surface area contributed by atoms with Crippen molar-refractivity contribution in [1.82, 2.24) is 9.55 Å². The minimum Gasteiger partial charge on any atom is -0.298 e. The van der Waals surface area contributed by atoms with E-state index in [-0.39, 0.29) is 11.0 Å². The number of aryl methyl sites for hydroxylation is 1. The fourth-order valence-corrected chi connectivity index (χ4v) is 1.51. The summed E-state index contributed by atoms with van der Waals surface area (Å²) < 4.78 is 2.35. The van der Waals surface area contributed by atoms with Gasteiger partial charge in [-0.3, -0.25) is 9.36 Å². The van der Waals surface area contributed by atoms with Gasteiger partial charge in [-0.25, -0.2) is 4.98 Å². The molecule has 0 aliphatic heterocycles. The molecule has 0 N–H and O–H groups in total. The fraction of sp³-hybridized carbons (Fsp3) is 0.600. The van der Waals surface area contributed by atoms with Crippen LogP contribution in [0.5, 0.6) is 0 Å². The molecule has 14 heavy (non-hydrogen) atoms. The van der Waals surface area contributed by atoms with Crippen LogP contribution in [-0.2, 0) is 6.54 Å². The highest BCUT2D eigenvalue weighted by Gasteiger charge is 2.10. The third kappa shape index (κ3) is 3.40. The van der Waals surface area contributed by atoms with Crippen molar-refractivity contribution in [2.75, 3.05) is 0 Å². The van der Waals surface area contributed by atoms with E-state index >= 15 is 0 Å². The van der Waals surface area contributed by atoms with Crippen LogP contribution in [-0.4, -0.2) is 9.55 Å². The predicted molar refractivity (Wildman–Crippen MR) is 65.3 cm³/mol. The smallest absolute Gasteiger partial charge is 0.266 e. The number of aromatic nitrogens is 2. The fourth-order valence-electron chi connectivity index (χ4n) is 1.04. The standard InChI is InChI=1S/C10H15IN2O/c1-10(2,3)4-5-13-7-12-6-8(11)9(13)14/h6-7H,4-5H2,1-3H3. The van der Waals surface area contributed by atoms with Crippen LogP contribution in [0.25, 0.3) is 0 Å². The van der Waals surface area contributed by atoms with E-state index in [1.54, 1.807) is 17.1 Å². The van der Waals surface area contributed by atoms with Gasteiger partial charge in [-0.1, -0.05) is 20.8 Å². The van der Waals surface area contributed by atoms with Crippen LogP contribution in [0.15, 0.2) is 17.3 Å². The molecule has 1 aromatic heterocycles. The molecule has 0 saturated carbocycles. The molecular formula is C10H15IN2O. The molecule has 0 atom stereocenters. The molecule has 0 amide bonds. The Labute approximate surface area is 97.7 Å². The summed E-state index contributed by atoms with van der Waals surface area (Å²) >= 11 is 2.01. The molecule has 1 heterocycles. The molecule has 0 unspecified atom stereocenters. The van der Waals surface area contributed by atoms with Gasteiger partial charge in [0.15, 0.2) is 0 Å². The first-order chi connectivity index (χ1) is 6.40. The maximum atomic E-state index is 11.6. The Morgan fingerprint density at radius 3 is 2.71 bits per heavy atom. The average molecular weight is 306 g/mol. The minimum absolute atomic E-state index is 0.0600. The topological polar surface area (TPSA) is 34.9 Å². The van der Waals surface area contributed by atoms with E-state index in [0.717, 1.165) is 13.0 Å². The lowest BCUT2D eigenvalue weighted by Crippen LogP contribution is -2.24. The maximum Gasteiger partial charge on any atom is 0.266 e. The summed E-state index contributed by atoms with van der Waals surface area (Å²) in [7, 11) is 0. The highest BCUT2D eigenvalue weighted by atomic mass is 127. The maximum absolute atomic E-state index is 11.6. The van der Waals surface area contributed by atoms with E-state index in [1.807, 2.05) is 22.6 Å². The largest absolute Gasteiger partial charge is 0.298 e. The summed E-state index contributed by atoms with van der Waals surface area (Å²) in [6.45, 7) is 7.24. The lowest BCUT2D eigenvalue weighted by molar-refractivity contribution is 0.346. The lowest BCUT2D eigenvalue weighted by Gasteiger charge is -2.18. The third-order valence-corrected chi connectivity index (χ3v) is 2.70. The molecule has 1 aromatic rings. The normalized spacial score (nSPS) is 11.7. The van der Waals surface area contributed by atoms with Crippen molar-refractivity contribution in [1.29, 1.82) is 0 Å². The molecule has 4 heteroatoms. The van der Waals surface area contributed by atoms with Crippen molar-refractivity contribution in [3.05, 3.63) is 26.4 Å². The Kier molecular flexibility index (Phi) is 3.69. The average Bonchev–Trinajstić information content (AvgIpc) is 2.06. The van der Waals surface area contributed by atoms with Crippen molar-refractivity contribution >= 4 is 22.6 Å². The first-order valence-electron chi connectivity index (χ1n) is 4.60. The van der Waals surface area contributed by atoms with E-state index in [1.165, 1.54) is 0 Å². The van der Waals surface area contributed by atoms with Gasteiger partial charge in [0, 0.05) is 12.7 Å². The van der Waals surface area contributed by atoms with Crippen molar-refractivity contribution in [3.8, 4) is 0 Å². The van der Waals surface area contributed by atoms with Gasteiger partial charge in [-0.05, 0) is 34.4 Å². The summed E-state index contributed by atoms with van der Waals surface area (Å²) in [4.78, 5) is 15.6. The molecule has 3 nitrogen and oxygen atoms in total. The zero-order valence-electron chi connectivity index (χ0n) is 8.75. The van der Waals surface area contributed by atoms with Crippen molar-refractivity contribution < 1.29 is 0 Å². The predicted octanol–water partition coefficient (Wildman–Crippen LogP) is 2.28. The second-order valence-electron chi connectivity index (χ2n) is 4.55. The minimum atomic E-state index is 0.0600. The van der Waals surface area contributed by atoms with Crippen LogP contribution in [0.3, 0.4) is 0 Å². The van der Waals surface area contributed by atoms with Gasteiger partial charge in [0.1, 0.15) is 0 Å². The van der Waals surface area contributed by atoms with Gasteiger partial charge in [-0.2, -0.15) is 0 Å². The number of hydrogen-bond acceptors (Lipinski definition) is 2. The van der Waals surface area contributed by atoms with Crippen LogP contribution in [0.1, 0.15) is 27.2 Å². The number of hydrogen-bond donors (Lipinski definition) is 0. The Morgan fingerprint density at radius 1 is 1.50 bits per heavy atom. The first-order valence-corrected chi connectivity index (χ1v) is 5.68. The third-order valence-electron chi connectivity index (χ3n) is 1.96. The quantitative estimate of drug-likeness (QED) is 0.786. The molecule has 0 aliphatic rings. The van der Waals surface area contributed by atoms with Gasteiger partial charge in [-0.15, -0.1) is 0 Å². The van der Waals surface area contributed by atoms with E-state index in [9.17, 15) is 4.79 Å². The summed E-state index contributed by atoms with van der Waals surface area (Å²) in [5.41, 5.74) is 0.311. The zero-order valence-corrected chi connectivity index (χ0v) is 10.9. The Balaban J connectivity index is 2.78. The van der Waals surface area contributed by atoms with Gasteiger partial charge < -0.3 is 0 Å². The van der Waals surface area contributed by atoms with Gasteiger partial charge in [0.2, 0.25) is 0 Å². The number of rotatable bonds is 2.